The fraction of sp³-hybridized carbons (Fsp3) is 0.308. The molecule has 0 saturated carbocycles. The highest BCUT2D eigenvalue weighted by atomic mass is 32.1. The van der Waals surface area contributed by atoms with Gasteiger partial charge < -0.3 is 15.4 Å². The largest absolute Gasteiger partial charge is 0.462 e. The fourth-order valence-electron chi connectivity index (χ4n) is 1.91. The number of carbonyl (C=O) groups excluding carboxylic acids is 3. The number of amides is 2. The highest BCUT2D eigenvalue weighted by Crippen LogP contribution is 2.34. The summed E-state index contributed by atoms with van der Waals surface area (Å²) >= 11 is 1.13. The molecular formula is C13H14N2O4S. The van der Waals surface area contributed by atoms with Gasteiger partial charge in [0.2, 0.25) is 5.91 Å². The molecule has 0 saturated heterocycles. The lowest BCUT2D eigenvalue weighted by Crippen LogP contribution is -2.27. The molecule has 2 heterocycles. The van der Waals surface area contributed by atoms with Crippen molar-refractivity contribution in [3.63, 3.8) is 0 Å². The fourth-order valence-corrected chi connectivity index (χ4v) is 2.91. The molecule has 1 aliphatic rings. The number of allylic oxidation sites excluding steroid dienone is 1. The molecule has 1 aromatic rings. The highest BCUT2D eigenvalue weighted by Gasteiger charge is 2.28. The van der Waals surface area contributed by atoms with Crippen LogP contribution in [0.5, 0.6) is 0 Å². The Morgan fingerprint density at radius 2 is 2.00 bits per heavy atom. The van der Waals surface area contributed by atoms with Gasteiger partial charge in [0.05, 0.1) is 17.9 Å². The molecule has 1 aliphatic heterocycles. The molecule has 0 fully saturated rings. The Labute approximate surface area is 119 Å². The predicted molar refractivity (Wildman–Crippen MR) is 74.9 cm³/mol. The van der Waals surface area contributed by atoms with E-state index in [0.717, 1.165) is 11.3 Å². The van der Waals surface area contributed by atoms with E-state index < -0.39 is 11.9 Å². The predicted octanol–water partition coefficient (Wildman–Crippen LogP) is 1.82. The number of fused-ring (bicyclic) bond motifs is 1. The number of rotatable bonds is 2. The SMILES string of the molecule is CCOC(=O)c1sc(C)c2c1NC(=O)/C=C(/C)NC2=O. The quantitative estimate of drug-likeness (QED) is 0.815. The van der Waals surface area contributed by atoms with Crippen molar-refractivity contribution in [2.45, 2.75) is 20.8 Å². The summed E-state index contributed by atoms with van der Waals surface area (Å²) in [5.74, 6) is -1.29. The standard InChI is InChI=1S/C13H14N2O4S/c1-4-19-13(18)11-10-9(7(3)20-11)12(17)14-6(2)5-8(16)15-10/h5H,4H2,1-3H3,(H,14,17)(H,15,16)/b6-5-. The molecule has 0 aliphatic carbocycles. The van der Waals surface area contributed by atoms with Crippen LogP contribution in [0.15, 0.2) is 11.8 Å². The first-order valence-electron chi connectivity index (χ1n) is 6.05. The molecule has 2 N–H and O–H groups in total. The van der Waals surface area contributed by atoms with Gasteiger partial charge in [-0.15, -0.1) is 11.3 Å². The smallest absolute Gasteiger partial charge is 0.350 e. The third-order valence-corrected chi connectivity index (χ3v) is 3.76. The van der Waals surface area contributed by atoms with Crippen LogP contribution in [0.3, 0.4) is 0 Å². The highest BCUT2D eigenvalue weighted by molar-refractivity contribution is 7.15. The number of hydrogen-bond acceptors (Lipinski definition) is 5. The molecule has 2 rings (SSSR count). The first-order valence-corrected chi connectivity index (χ1v) is 6.86. The Morgan fingerprint density at radius 3 is 2.65 bits per heavy atom. The van der Waals surface area contributed by atoms with Crippen molar-refractivity contribution < 1.29 is 19.1 Å². The molecule has 2 amide bonds. The summed E-state index contributed by atoms with van der Waals surface area (Å²) in [6, 6.07) is 0. The maximum atomic E-state index is 12.1. The Bertz CT molecular complexity index is 631. The normalized spacial score (nSPS) is 17.1. The summed E-state index contributed by atoms with van der Waals surface area (Å²) in [4.78, 5) is 36.7. The second-order valence-electron chi connectivity index (χ2n) is 4.23. The van der Waals surface area contributed by atoms with Crippen molar-refractivity contribution >= 4 is 34.8 Å². The van der Waals surface area contributed by atoms with E-state index in [0.29, 0.717) is 16.1 Å². The Hall–Kier alpha value is -2.15. The Kier molecular flexibility index (Phi) is 3.89. The summed E-state index contributed by atoms with van der Waals surface area (Å²) in [5.41, 5.74) is 0.970. The third kappa shape index (κ3) is 2.57. The molecule has 1 aromatic heterocycles. The van der Waals surface area contributed by atoms with Crippen LogP contribution in [0.2, 0.25) is 0 Å². The number of aryl methyl sites for hydroxylation is 1. The minimum absolute atomic E-state index is 0.220. The lowest BCUT2D eigenvalue weighted by Gasteiger charge is -2.13. The van der Waals surface area contributed by atoms with Crippen molar-refractivity contribution in [2.24, 2.45) is 0 Å². The van der Waals surface area contributed by atoms with Crippen molar-refractivity contribution in [3.05, 3.63) is 27.1 Å². The number of nitrogens with one attached hydrogen (secondary N) is 2. The molecule has 0 unspecified atom stereocenters. The maximum absolute atomic E-state index is 12.1. The first kappa shape index (κ1) is 14.3. The van der Waals surface area contributed by atoms with Crippen LogP contribution in [0.4, 0.5) is 5.69 Å². The van der Waals surface area contributed by atoms with Crippen LogP contribution in [-0.2, 0) is 9.53 Å². The number of anilines is 1. The average molecular weight is 294 g/mol. The van der Waals surface area contributed by atoms with Gasteiger partial charge in [-0.1, -0.05) is 0 Å². The zero-order valence-corrected chi connectivity index (χ0v) is 12.1. The molecule has 106 valence electrons. The van der Waals surface area contributed by atoms with E-state index in [2.05, 4.69) is 10.6 Å². The second kappa shape index (κ2) is 5.46. The molecule has 0 radical (unpaired) electrons. The molecule has 0 aromatic carbocycles. The molecule has 7 heteroatoms. The summed E-state index contributed by atoms with van der Waals surface area (Å²) in [7, 11) is 0. The molecule has 6 nitrogen and oxygen atoms in total. The van der Waals surface area contributed by atoms with Gasteiger partial charge in [0.15, 0.2) is 0 Å². The van der Waals surface area contributed by atoms with Gasteiger partial charge in [0.25, 0.3) is 5.91 Å². The zero-order chi connectivity index (χ0) is 14.9. The minimum Gasteiger partial charge on any atom is -0.462 e. The van der Waals surface area contributed by atoms with Crippen molar-refractivity contribution in [2.75, 3.05) is 11.9 Å². The van der Waals surface area contributed by atoms with Crippen molar-refractivity contribution in [1.29, 1.82) is 0 Å². The molecule has 0 bridgehead atoms. The number of carbonyl (C=O) groups is 3. The number of thiophene rings is 1. The van der Waals surface area contributed by atoms with E-state index in [1.807, 2.05) is 0 Å². The monoisotopic (exact) mass is 294 g/mol. The van der Waals surface area contributed by atoms with E-state index in [-0.39, 0.29) is 23.1 Å². The zero-order valence-electron chi connectivity index (χ0n) is 11.3. The van der Waals surface area contributed by atoms with Gasteiger partial charge in [-0.3, -0.25) is 9.59 Å². The van der Waals surface area contributed by atoms with Crippen LogP contribution in [0, 0.1) is 6.92 Å². The van der Waals surface area contributed by atoms with Crippen molar-refractivity contribution in [3.8, 4) is 0 Å². The van der Waals surface area contributed by atoms with E-state index in [4.69, 9.17) is 4.74 Å². The van der Waals surface area contributed by atoms with Gasteiger partial charge in [-0.2, -0.15) is 0 Å². The maximum Gasteiger partial charge on any atom is 0.350 e. The lowest BCUT2D eigenvalue weighted by molar-refractivity contribution is -0.112. The van der Waals surface area contributed by atoms with Crippen LogP contribution in [0.1, 0.15) is 38.8 Å². The molecule has 20 heavy (non-hydrogen) atoms. The van der Waals surface area contributed by atoms with Gasteiger partial charge in [0, 0.05) is 16.7 Å². The van der Waals surface area contributed by atoms with Gasteiger partial charge >= 0.3 is 5.97 Å². The van der Waals surface area contributed by atoms with Crippen LogP contribution in [-0.4, -0.2) is 24.4 Å². The van der Waals surface area contributed by atoms with Crippen LogP contribution < -0.4 is 10.6 Å². The Morgan fingerprint density at radius 1 is 1.30 bits per heavy atom. The summed E-state index contributed by atoms with van der Waals surface area (Å²) in [6.07, 6.45) is 1.27. The number of hydrogen-bond donors (Lipinski definition) is 2. The van der Waals surface area contributed by atoms with Crippen LogP contribution >= 0.6 is 11.3 Å². The number of ether oxygens (including phenoxy) is 1. The average Bonchev–Trinajstić information content (AvgIpc) is 2.64. The van der Waals surface area contributed by atoms with Crippen LogP contribution in [0.25, 0.3) is 0 Å². The Balaban J connectivity index is 2.54. The molecule has 0 spiro atoms. The molecule has 0 atom stereocenters. The summed E-state index contributed by atoms with van der Waals surface area (Å²) in [5, 5.41) is 5.19. The van der Waals surface area contributed by atoms with Crippen molar-refractivity contribution in [1.82, 2.24) is 5.32 Å². The summed E-state index contributed by atoms with van der Waals surface area (Å²) in [6.45, 7) is 5.26. The topological polar surface area (TPSA) is 84.5 Å². The third-order valence-electron chi connectivity index (χ3n) is 2.68. The van der Waals surface area contributed by atoms with E-state index in [9.17, 15) is 14.4 Å². The van der Waals surface area contributed by atoms with Gasteiger partial charge in [-0.05, 0) is 20.8 Å². The van der Waals surface area contributed by atoms with E-state index in [1.165, 1.54) is 6.08 Å². The number of esters is 1. The first-order chi connectivity index (χ1) is 9.43. The second-order valence-corrected chi connectivity index (χ2v) is 5.45. The van der Waals surface area contributed by atoms with Gasteiger partial charge in [0.1, 0.15) is 4.88 Å². The summed E-state index contributed by atoms with van der Waals surface area (Å²) < 4.78 is 4.94. The van der Waals surface area contributed by atoms with Gasteiger partial charge in [-0.25, -0.2) is 4.79 Å². The van der Waals surface area contributed by atoms with E-state index >= 15 is 0 Å². The lowest BCUT2D eigenvalue weighted by atomic mass is 10.1. The minimum atomic E-state index is -0.545. The van der Waals surface area contributed by atoms with E-state index in [1.54, 1.807) is 20.8 Å². The molecular weight excluding hydrogens is 280 g/mol.